The summed E-state index contributed by atoms with van der Waals surface area (Å²) < 4.78 is 8.36. The maximum Gasteiger partial charge on any atom is 0.238 e. The molecule has 1 aliphatic rings. The average molecular weight is 306 g/mol. The number of amides is 1. The number of aromatic nitrogens is 2. The van der Waals surface area contributed by atoms with Crippen molar-refractivity contribution < 1.29 is 9.90 Å². The van der Waals surface area contributed by atoms with Gasteiger partial charge in [-0.15, -0.1) is 0 Å². The van der Waals surface area contributed by atoms with Gasteiger partial charge in [0.1, 0.15) is 11.0 Å². The summed E-state index contributed by atoms with van der Waals surface area (Å²) in [6, 6.07) is 5.57. The number of aliphatic hydroxyl groups excluding tert-OH is 1. The molecular formula is C14H18N4O2S. The van der Waals surface area contributed by atoms with E-state index >= 15 is 0 Å². The number of likely N-dealkylation sites (N-methyl/N-ethyl adjacent to an activating group) is 1. The van der Waals surface area contributed by atoms with E-state index < -0.39 is 0 Å². The van der Waals surface area contributed by atoms with Crippen LogP contribution in [0.5, 0.6) is 0 Å². The van der Waals surface area contributed by atoms with Gasteiger partial charge in [0.25, 0.3) is 0 Å². The molecule has 1 saturated carbocycles. The van der Waals surface area contributed by atoms with Crippen molar-refractivity contribution in [3.8, 4) is 0 Å². The molecule has 0 spiro atoms. The topological polar surface area (TPSA) is 78.4 Å². The lowest BCUT2D eigenvalue weighted by Crippen LogP contribution is -2.39. The summed E-state index contributed by atoms with van der Waals surface area (Å²) in [5.74, 6) is 0.446. The predicted octanol–water partition coefficient (Wildman–Crippen LogP) is 1.33. The minimum atomic E-state index is -0.146. The van der Waals surface area contributed by atoms with Gasteiger partial charge in [-0.1, -0.05) is 6.07 Å². The molecule has 0 aliphatic heterocycles. The number of carbonyl (C=O) groups is 1. The molecule has 0 radical (unpaired) electrons. The molecule has 3 rings (SSSR count). The highest BCUT2D eigenvalue weighted by Gasteiger charge is 2.28. The molecule has 1 aromatic carbocycles. The molecule has 0 saturated heterocycles. The van der Waals surface area contributed by atoms with Gasteiger partial charge in [-0.3, -0.25) is 9.69 Å². The van der Waals surface area contributed by atoms with Gasteiger partial charge >= 0.3 is 0 Å². The van der Waals surface area contributed by atoms with Gasteiger partial charge < -0.3 is 10.4 Å². The fraction of sp³-hybridized carbons (Fsp3) is 0.500. The van der Waals surface area contributed by atoms with Gasteiger partial charge in [-0.2, -0.15) is 8.75 Å². The van der Waals surface area contributed by atoms with Crippen LogP contribution in [0.3, 0.4) is 0 Å². The first-order valence-electron chi connectivity index (χ1n) is 6.99. The predicted molar refractivity (Wildman–Crippen MR) is 82.3 cm³/mol. The first-order valence-corrected chi connectivity index (χ1v) is 7.72. The number of fused-ring (bicyclic) bond motifs is 1. The summed E-state index contributed by atoms with van der Waals surface area (Å²) >= 11 is 1.14. The van der Waals surface area contributed by atoms with Crippen LogP contribution in [-0.2, 0) is 4.79 Å². The molecule has 2 aromatic rings. The molecule has 112 valence electrons. The summed E-state index contributed by atoms with van der Waals surface area (Å²) in [6.45, 7) is 1.17. The SMILES string of the molecule is CN(CC(=O)Nc1cccc2nsnc12)CC1CC(O)C1. The van der Waals surface area contributed by atoms with Gasteiger partial charge in [0, 0.05) is 6.54 Å². The van der Waals surface area contributed by atoms with E-state index in [0.717, 1.165) is 42.1 Å². The Labute approximate surface area is 127 Å². The second-order valence-corrected chi connectivity index (χ2v) is 6.20. The molecule has 1 aliphatic carbocycles. The standard InChI is InChI=1S/C14H18N4O2S/c1-18(7-9-5-10(19)6-9)8-13(20)15-11-3-2-4-12-14(11)17-21-16-12/h2-4,9-10,19H,5-8H2,1H3,(H,15,20). The minimum Gasteiger partial charge on any atom is -0.393 e. The molecular weight excluding hydrogens is 288 g/mol. The lowest BCUT2D eigenvalue weighted by Gasteiger charge is -2.34. The third-order valence-corrected chi connectivity index (χ3v) is 4.30. The van der Waals surface area contributed by atoms with E-state index in [9.17, 15) is 9.90 Å². The van der Waals surface area contributed by atoms with Crippen molar-refractivity contribution in [1.82, 2.24) is 13.6 Å². The number of anilines is 1. The Morgan fingerprint density at radius 1 is 1.48 bits per heavy atom. The van der Waals surface area contributed by atoms with Crippen molar-refractivity contribution in [2.75, 3.05) is 25.5 Å². The van der Waals surface area contributed by atoms with Crippen molar-refractivity contribution in [2.24, 2.45) is 5.92 Å². The highest BCUT2D eigenvalue weighted by atomic mass is 32.1. The van der Waals surface area contributed by atoms with Gasteiger partial charge in [0.05, 0.1) is 30.1 Å². The van der Waals surface area contributed by atoms with Crippen molar-refractivity contribution in [3.63, 3.8) is 0 Å². The number of hydrogen-bond donors (Lipinski definition) is 2. The van der Waals surface area contributed by atoms with Crippen LogP contribution in [-0.4, -0.2) is 50.9 Å². The lowest BCUT2D eigenvalue weighted by atomic mass is 9.82. The Hall–Kier alpha value is -1.57. The van der Waals surface area contributed by atoms with Crippen molar-refractivity contribution in [3.05, 3.63) is 18.2 Å². The normalized spacial score (nSPS) is 21.5. The number of nitrogens with one attached hydrogen (secondary N) is 1. The summed E-state index contributed by atoms with van der Waals surface area (Å²) in [7, 11) is 1.93. The highest BCUT2D eigenvalue weighted by molar-refractivity contribution is 7.00. The van der Waals surface area contributed by atoms with Gasteiger partial charge in [-0.05, 0) is 37.9 Å². The van der Waals surface area contributed by atoms with E-state index in [2.05, 4.69) is 14.1 Å². The third-order valence-electron chi connectivity index (χ3n) is 3.75. The molecule has 21 heavy (non-hydrogen) atoms. The van der Waals surface area contributed by atoms with E-state index in [1.165, 1.54) is 0 Å². The Morgan fingerprint density at radius 3 is 3.05 bits per heavy atom. The summed E-state index contributed by atoms with van der Waals surface area (Å²) in [6.07, 6.45) is 1.54. The number of nitrogens with zero attached hydrogens (tertiary/aromatic N) is 3. The van der Waals surface area contributed by atoms with Crippen molar-refractivity contribution in [1.29, 1.82) is 0 Å². The Kier molecular flexibility index (Phi) is 4.14. The number of rotatable bonds is 5. The van der Waals surface area contributed by atoms with Gasteiger partial charge in [-0.25, -0.2) is 0 Å². The van der Waals surface area contributed by atoms with Crippen LogP contribution in [0.2, 0.25) is 0 Å². The molecule has 6 nitrogen and oxygen atoms in total. The van der Waals surface area contributed by atoms with E-state index in [0.29, 0.717) is 18.2 Å². The third kappa shape index (κ3) is 3.37. The maximum atomic E-state index is 12.1. The zero-order chi connectivity index (χ0) is 14.8. The smallest absolute Gasteiger partial charge is 0.238 e. The molecule has 7 heteroatoms. The fourth-order valence-electron chi connectivity index (χ4n) is 2.70. The molecule has 0 bridgehead atoms. The van der Waals surface area contributed by atoms with E-state index in [4.69, 9.17) is 0 Å². The van der Waals surface area contributed by atoms with Crippen LogP contribution >= 0.6 is 11.7 Å². The maximum absolute atomic E-state index is 12.1. The summed E-state index contributed by atoms with van der Waals surface area (Å²) in [4.78, 5) is 14.1. The first kappa shape index (κ1) is 14.4. The Bertz CT molecular complexity index is 639. The van der Waals surface area contributed by atoms with Crippen LogP contribution in [0.1, 0.15) is 12.8 Å². The van der Waals surface area contributed by atoms with E-state index in [-0.39, 0.29) is 12.0 Å². The zero-order valence-corrected chi connectivity index (χ0v) is 12.6. The molecule has 1 aromatic heterocycles. The van der Waals surface area contributed by atoms with Crippen molar-refractivity contribution >= 4 is 34.4 Å². The second kappa shape index (κ2) is 6.05. The zero-order valence-electron chi connectivity index (χ0n) is 11.8. The van der Waals surface area contributed by atoms with Gasteiger partial charge in [0.2, 0.25) is 5.91 Å². The number of hydrogen-bond acceptors (Lipinski definition) is 6. The second-order valence-electron chi connectivity index (χ2n) is 5.67. The van der Waals surface area contributed by atoms with Crippen LogP contribution in [0.15, 0.2) is 18.2 Å². The Morgan fingerprint density at radius 2 is 2.29 bits per heavy atom. The number of carbonyl (C=O) groups excluding carboxylic acids is 1. The number of aliphatic hydroxyl groups is 1. The fourth-order valence-corrected chi connectivity index (χ4v) is 3.25. The molecule has 1 heterocycles. The molecule has 1 fully saturated rings. The monoisotopic (exact) mass is 306 g/mol. The number of benzene rings is 1. The largest absolute Gasteiger partial charge is 0.393 e. The molecule has 0 atom stereocenters. The summed E-state index contributed by atoms with van der Waals surface area (Å²) in [5, 5.41) is 12.2. The lowest BCUT2D eigenvalue weighted by molar-refractivity contribution is -0.117. The van der Waals surface area contributed by atoms with Crippen LogP contribution in [0, 0.1) is 5.92 Å². The van der Waals surface area contributed by atoms with E-state index in [1.807, 2.05) is 30.1 Å². The molecule has 2 N–H and O–H groups in total. The van der Waals surface area contributed by atoms with Crippen LogP contribution < -0.4 is 5.32 Å². The quantitative estimate of drug-likeness (QED) is 0.871. The van der Waals surface area contributed by atoms with Crippen LogP contribution in [0.4, 0.5) is 5.69 Å². The van der Waals surface area contributed by atoms with Gasteiger partial charge in [0.15, 0.2) is 0 Å². The van der Waals surface area contributed by atoms with Crippen LogP contribution in [0.25, 0.3) is 11.0 Å². The highest BCUT2D eigenvalue weighted by Crippen LogP contribution is 2.27. The minimum absolute atomic E-state index is 0.0575. The summed E-state index contributed by atoms with van der Waals surface area (Å²) in [5.41, 5.74) is 2.24. The van der Waals surface area contributed by atoms with E-state index in [1.54, 1.807) is 0 Å². The van der Waals surface area contributed by atoms with Crippen molar-refractivity contribution in [2.45, 2.75) is 18.9 Å². The Balaban J connectivity index is 1.55. The molecule has 1 amide bonds. The first-order chi connectivity index (χ1) is 10.1. The average Bonchev–Trinajstić information content (AvgIpc) is 2.86. The molecule has 0 unspecified atom stereocenters.